The van der Waals surface area contributed by atoms with E-state index in [2.05, 4.69) is 0 Å². The number of hydrogen-bond donors (Lipinski definition) is 2. The molecule has 0 aliphatic heterocycles. The fourth-order valence-electron chi connectivity index (χ4n) is 0. The van der Waals surface area contributed by atoms with Gasteiger partial charge in [0.15, 0.2) is 0 Å². The van der Waals surface area contributed by atoms with Crippen molar-refractivity contribution in [3.8, 4) is 0 Å². The van der Waals surface area contributed by atoms with Gasteiger partial charge in [-0.15, -0.1) is 0 Å². The van der Waals surface area contributed by atoms with Gasteiger partial charge in [0, 0.05) is 0 Å². The van der Waals surface area contributed by atoms with Crippen LogP contribution in [-0.4, -0.2) is 78.3 Å². The van der Waals surface area contributed by atoms with E-state index < -0.39 is 10.4 Å². The molecule has 0 amide bonds. The molecule has 7 heteroatoms. The van der Waals surface area contributed by atoms with Crippen molar-refractivity contribution in [3.05, 3.63) is 0 Å². The molecule has 0 aromatic carbocycles. The summed E-state index contributed by atoms with van der Waals surface area (Å²) in [6, 6.07) is 0. The van der Waals surface area contributed by atoms with Gasteiger partial charge in [-0.05, 0) is 0 Å². The first-order valence-corrected chi connectivity index (χ1v) is 2.10. The second-order valence-corrected chi connectivity index (χ2v) is 1.34. The average molecular weight is 166 g/mol. The Balaban J connectivity index is -0.00000000533. The van der Waals surface area contributed by atoms with Crippen LogP contribution in [0.15, 0.2) is 0 Å². The van der Waals surface area contributed by atoms with Crippen molar-refractivity contribution in [2.45, 2.75) is 0 Å². The van der Waals surface area contributed by atoms with Crippen molar-refractivity contribution in [1.82, 2.24) is 0 Å². The van der Waals surface area contributed by atoms with Crippen LogP contribution < -0.4 is 0 Å². The molecule has 0 aromatic rings. The Morgan fingerprint density at radius 2 is 1.29 bits per heavy atom. The molecule has 40 valence electrons. The predicted molar refractivity (Wildman–Crippen MR) is 30.1 cm³/mol. The molecule has 0 saturated heterocycles. The largest absolute Gasteiger partial charge is 2.00 e. The van der Waals surface area contributed by atoms with Crippen LogP contribution in [0.1, 0.15) is 5.71 Å². The third-order valence-electron chi connectivity index (χ3n) is 0. The van der Waals surface area contributed by atoms with Crippen molar-refractivity contribution in [1.29, 1.82) is 0 Å². The smallest absolute Gasteiger partial charge is 1.00 e. The average Bonchev–Trinajstić information content (AvgIpc) is 0.722. The molecule has 0 atom stereocenters. The van der Waals surface area contributed by atoms with Crippen LogP contribution >= 0.6 is 0 Å². The maximum absolute atomic E-state index is 8.74. The van der Waals surface area contributed by atoms with E-state index in [-0.39, 0.29) is 66.5 Å². The third kappa shape index (κ3) is 76.4. The molecule has 0 bridgehead atoms. The van der Waals surface area contributed by atoms with Gasteiger partial charge in [0.1, 0.15) is 0 Å². The van der Waals surface area contributed by atoms with E-state index in [1.807, 2.05) is 0 Å². The molecule has 2 N–H and O–H groups in total. The molecule has 0 heterocycles. The van der Waals surface area contributed by atoms with Crippen molar-refractivity contribution < 1.29 is 23.2 Å². The van der Waals surface area contributed by atoms with Crippen LogP contribution in [0.4, 0.5) is 0 Å². The molecule has 0 fully saturated rings. The fraction of sp³-hybridized carbons (Fsp3) is 0. The summed E-state index contributed by atoms with van der Waals surface area (Å²) in [5.74, 6) is 0. The quantitative estimate of drug-likeness (QED) is 0.359. The first-order chi connectivity index (χ1) is 2.00. The summed E-state index contributed by atoms with van der Waals surface area (Å²) < 4.78 is 31.6. The Bertz CT molecular complexity index is 105. The van der Waals surface area contributed by atoms with Gasteiger partial charge in [0.2, 0.25) is 0 Å². The molecule has 0 radical (unpaired) electrons. The van der Waals surface area contributed by atoms with Crippen molar-refractivity contribution >= 4 is 71.2 Å². The van der Waals surface area contributed by atoms with E-state index in [4.69, 9.17) is 17.5 Å². The zero-order valence-corrected chi connectivity index (χ0v) is 7.97. The standard InChI is InChI=1S/Ca.Mg.H2O4S.4H/c;;1-5(2,3)4;;;;/h;;(H2,1,2,3,4);;;;/q2*+2;;4*-1. The maximum atomic E-state index is 8.74. The van der Waals surface area contributed by atoms with Gasteiger partial charge in [-0.3, -0.25) is 9.11 Å². The molecule has 0 aromatic heterocycles. The predicted octanol–water partition coefficient (Wildman–Crippen LogP) is -0.964. The maximum Gasteiger partial charge on any atom is 2.00 e. The molecule has 0 aliphatic rings. The Kier molecular flexibility index (Phi) is 13.7. The minimum absolute atomic E-state index is 0. The zero-order valence-electron chi connectivity index (χ0n) is 7.53. The second-order valence-electron chi connectivity index (χ2n) is 0.448. The Labute approximate surface area is 93.3 Å². The molecule has 7 heavy (non-hydrogen) atoms. The van der Waals surface area contributed by atoms with Crippen molar-refractivity contribution in [2.75, 3.05) is 0 Å². The number of hydrogen-bond acceptors (Lipinski definition) is 2. The molecular weight excluding hydrogens is 160 g/mol. The molecule has 0 rings (SSSR count). The number of rotatable bonds is 0. The van der Waals surface area contributed by atoms with E-state index in [9.17, 15) is 0 Å². The van der Waals surface area contributed by atoms with Gasteiger partial charge in [-0.1, -0.05) is 0 Å². The summed E-state index contributed by atoms with van der Waals surface area (Å²) in [6.07, 6.45) is 0. The summed E-state index contributed by atoms with van der Waals surface area (Å²) in [6.45, 7) is 0. The van der Waals surface area contributed by atoms with Gasteiger partial charge in [-0.25, -0.2) is 0 Å². The van der Waals surface area contributed by atoms with Crippen LogP contribution in [0.5, 0.6) is 0 Å². The van der Waals surface area contributed by atoms with Gasteiger partial charge in [-0.2, -0.15) is 8.42 Å². The van der Waals surface area contributed by atoms with E-state index in [1.165, 1.54) is 0 Å². The zero-order chi connectivity index (χ0) is 4.50. The van der Waals surface area contributed by atoms with Crippen LogP contribution in [0.25, 0.3) is 0 Å². The molecule has 4 nitrogen and oxygen atoms in total. The van der Waals surface area contributed by atoms with E-state index in [0.717, 1.165) is 0 Å². The molecule has 0 aliphatic carbocycles. The van der Waals surface area contributed by atoms with Gasteiger partial charge in [0.05, 0.1) is 0 Å². The third-order valence-corrected chi connectivity index (χ3v) is 0. The Morgan fingerprint density at radius 3 is 1.29 bits per heavy atom. The topological polar surface area (TPSA) is 74.6 Å². The van der Waals surface area contributed by atoms with Crippen LogP contribution in [0, 0.1) is 0 Å². The normalized spacial score (nSPS) is 8.29. The van der Waals surface area contributed by atoms with Gasteiger partial charge < -0.3 is 5.71 Å². The first-order valence-electron chi connectivity index (χ1n) is 0.698. The Morgan fingerprint density at radius 1 is 1.29 bits per heavy atom. The van der Waals surface area contributed by atoms with Crippen LogP contribution in [-0.2, 0) is 10.4 Å². The molecule has 0 spiro atoms. The fourth-order valence-corrected chi connectivity index (χ4v) is 0. The SMILES string of the molecule is O=S(=O)(O)O.[Ca+2].[H-].[H-].[H-].[H-].[Mg+2]. The second kappa shape index (κ2) is 6.02. The summed E-state index contributed by atoms with van der Waals surface area (Å²) in [4.78, 5) is 0. The molecular formula is H6CaMgO4S. The molecule has 0 saturated carbocycles. The van der Waals surface area contributed by atoms with Crippen molar-refractivity contribution in [3.63, 3.8) is 0 Å². The van der Waals surface area contributed by atoms with Gasteiger partial charge in [0.25, 0.3) is 0 Å². The van der Waals surface area contributed by atoms with Crippen molar-refractivity contribution in [2.24, 2.45) is 0 Å². The van der Waals surface area contributed by atoms with E-state index in [0.29, 0.717) is 0 Å². The summed E-state index contributed by atoms with van der Waals surface area (Å²) in [5, 5.41) is 0. The van der Waals surface area contributed by atoms with E-state index in [1.54, 1.807) is 0 Å². The summed E-state index contributed by atoms with van der Waals surface area (Å²) in [7, 11) is -4.67. The first kappa shape index (κ1) is 16.0. The summed E-state index contributed by atoms with van der Waals surface area (Å²) >= 11 is 0. The summed E-state index contributed by atoms with van der Waals surface area (Å²) in [5.41, 5.74) is 0. The van der Waals surface area contributed by atoms with Crippen LogP contribution in [0.2, 0.25) is 0 Å². The monoisotopic (exact) mass is 166 g/mol. The van der Waals surface area contributed by atoms with Gasteiger partial charge >= 0.3 is 71.2 Å². The van der Waals surface area contributed by atoms with E-state index >= 15 is 0 Å². The Hall–Kier alpha value is 1.90. The minimum atomic E-state index is -4.67. The molecule has 0 unspecified atom stereocenters. The minimum Gasteiger partial charge on any atom is -1.00 e. The van der Waals surface area contributed by atoms with Crippen LogP contribution in [0.3, 0.4) is 0 Å².